The van der Waals surface area contributed by atoms with E-state index >= 15 is 0 Å². The van der Waals surface area contributed by atoms with E-state index in [-0.39, 0.29) is 35.7 Å². The topological polar surface area (TPSA) is 149 Å². The Morgan fingerprint density at radius 1 is 0.772 bits per heavy atom. The smallest absolute Gasteiger partial charge is 0.407 e. The van der Waals surface area contributed by atoms with Crippen molar-refractivity contribution >= 4 is 40.4 Å². The Labute approximate surface area is 338 Å². The molecule has 298 valence electrons. The van der Waals surface area contributed by atoms with Crippen LogP contribution in [-0.2, 0) is 14.3 Å². The molecule has 5 heterocycles. The first-order valence-electron chi connectivity index (χ1n) is 20.4. The van der Waals surface area contributed by atoms with E-state index in [1.165, 1.54) is 7.11 Å². The second-order valence-corrected chi connectivity index (χ2v) is 17.3. The van der Waals surface area contributed by atoms with Gasteiger partial charge in [0.25, 0.3) is 0 Å². The number of nitrogens with two attached hydrogens (primary N) is 1. The van der Waals surface area contributed by atoms with Crippen LogP contribution >= 0.6 is 11.8 Å². The first kappa shape index (κ1) is 38.8. The van der Waals surface area contributed by atoms with E-state index in [0.29, 0.717) is 6.54 Å². The van der Waals surface area contributed by atoms with Gasteiger partial charge in [0.15, 0.2) is 0 Å². The number of H-pyrrole nitrogens is 2. The van der Waals surface area contributed by atoms with Crippen LogP contribution in [0.25, 0.3) is 44.4 Å². The lowest BCUT2D eigenvalue weighted by atomic mass is 9.93. The van der Waals surface area contributed by atoms with Crippen LogP contribution in [0.1, 0.15) is 76.0 Å². The van der Waals surface area contributed by atoms with Crippen molar-refractivity contribution in [2.45, 2.75) is 76.5 Å². The van der Waals surface area contributed by atoms with Crippen LogP contribution in [0.3, 0.4) is 0 Å². The molecule has 11 nitrogen and oxygen atoms in total. The number of rotatable bonds is 10. The molecule has 3 aromatic carbocycles. The molecule has 2 aromatic heterocycles. The summed E-state index contributed by atoms with van der Waals surface area (Å²) < 4.78 is 4.77. The SMILES string of the molecule is COC(=O)N[C@H](C(=O)N1CCC[C@H]1c1ncc(-c2ccc3cc(-c4ccc(-c5ccc(C6CCCN6C(=O)[C@@H](N)C6CCSCC6)[nH]5)cc4)ccc3c2)[nH]1)C(C)C. The summed E-state index contributed by atoms with van der Waals surface area (Å²) in [6.07, 6.45) is 6.88. The molecule has 57 heavy (non-hydrogen) atoms. The highest BCUT2D eigenvalue weighted by atomic mass is 32.2. The maximum absolute atomic E-state index is 13.6. The van der Waals surface area contributed by atoms with E-state index in [9.17, 15) is 14.4 Å². The Hall–Kier alpha value is -5.07. The number of nitrogens with zero attached hydrogens (tertiary/aromatic N) is 3. The minimum atomic E-state index is -0.675. The average molecular weight is 788 g/mol. The summed E-state index contributed by atoms with van der Waals surface area (Å²) in [5.41, 5.74) is 14.0. The molecule has 3 aliphatic rings. The molecule has 3 amide bonds. The van der Waals surface area contributed by atoms with Gasteiger partial charge in [0, 0.05) is 30.0 Å². The van der Waals surface area contributed by atoms with E-state index in [1.54, 1.807) is 0 Å². The van der Waals surface area contributed by atoms with Crippen molar-refractivity contribution in [3.8, 4) is 33.6 Å². The number of methoxy groups -OCH3 is 1. The van der Waals surface area contributed by atoms with Gasteiger partial charge in [-0.2, -0.15) is 11.8 Å². The molecule has 5 N–H and O–H groups in total. The minimum absolute atomic E-state index is 0.0390. The zero-order valence-corrected chi connectivity index (χ0v) is 33.8. The minimum Gasteiger partial charge on any atom is -0.453 e. The molecule has 0 spiro atoms. The number of benzene rings is 3. The summed E-state index contributed by atoms with van der Waals surface area (Å²) in [4.78, 5) is 54.8. The highest BCUT2D eigenvalue weighted by Crippen LogP contribution is 2.37. The number of carbonyl (C=O) groups is 3. The molecule has 0 radical (unpaired) electrons. The number of ether oxygens (including phenoxy) is 1. The monoisotopic (exact) mass is 787 g/mol. The predicted molar refractivity (Wildman–Crippen MR) is 226 cm³/mol. The van der Waals surface area contributed by atoms with Crippen molar-refractivity contribution in [1.29, 1.82) is 0 Å². The van der Waals surface area contributed by atoms with Gasteiger partial charge in [0.05, 0.1) is 37.1 Å². The van der Waals surface area contributed by atoms with E-state index in [2.05, 4.69) is 88.1 Å². The van der Waals surface area contributed by atoms with E-state index in [4.69, 9.17) is 15.5 Å². The third-order valence-corrected chi connectivity index (χ3v) is 13.2. The molecule has 1 unspecified atom stereocenters. The highest BCUT2D eigenvalue weighted by molar-refractivity contribution is 7.99. The van der Waals surface area contributed by atoms with E-state index < -0.39 is 18.2 Å². The van der Waals surface area contributed by atoms with Gasteiger partial charge in [-0.25, -0.2) is 9.78 Å². The van der Waals surface area contributed by atoms with Crippen molar-refractivity contribution in [1.82, 2.24) is 30.1 Å². The molecular formula is C45H53N7O4S. The van der Waals surface area contributed by atoms with Gasteiger partial charge >= 0.3 is 6.09 Å². The second-order valence-electron chi connectivity index (χ2n) is 16.1. The van der Waals surface area contributed by atoms with E-state index in [1.807, 2.05) is 41.6 Å². The van der Waals surface area contributed by atoms with Crippen LogP contribution in [0.15, 0.2) is 79.0 Å². The molecule has 3 aliphatic heterocycles. The average Bonchev–Trinajstić information content (AvgIpc) is 4.09. The lowest BCUT2D eigenvalue weighted by Crippen LogP contribution is -2.51. The van der Waals surface area contributed by atoms with Crippen LogP contribution in [0, 0.1) is 11.8 Å². The van der Waals surface area contributed by atoms with Gasteiger partial charge < -0.3 is 35.6 Å². The fraction of sp³-hybridized carbons (Fsp3) is 0.422. The van der Waals surface area contributed by atoms with Gasteiger partial charge in [0.1, 0.15) is 11.9 Å². The number of hydrogen-bond donors (Lipinski definition) is 4. The van der Waals surface area contributed by atoms with Crippen molar-refractivity contribution in [2.24, 2.45) is 17.6 Å². The lowest BCUT2D eigenvalue weighted by molar-refractivity contribution is -0.136. The number of hydrogen-bond acceptors (Lipinski definition) is 7. The van der Waals surface area contributed by atoms with Gasteiger partial charge in [-0.3, -0.25) is 9.59 Å². The highest BCUT2D eigenvalue weighted by Gasteiger charge is 2.38. The van der Waals surface area contributed by atoms with Crippen LogP contribution < -0.4 is 11.1 Å². The number of carbonyl (C=O) groups excluding carboxylic acids is 3. The van der Waals surface area contributed by atoms with Crippen LogP contribution in [-0.4, -0.2) is 86.4 Å². The molecule has 0 aliphatic carbocycles. The maximum atomic E-state index is 13.6. The van der Waals surface area contributed by atoms with Gasteiger partial charge in [-0.1, -0.05) is 62.4 Å². The van der Waals surface area contributed by atoms with E-state index in [0.717, 1.165) is 113 Å². The van der Waals surface area contributed by atoms with Gasteiger partial charge in [-0.15, -0.1) is 0 Å². The van der Waals surface area contributed by atoms with Crippen LogP contribution in [0.2, 0.25) is 0 Å². The summed E-state index contributed by atoms with van der Waals surface area (Å²) in [6, 6.07) is 24.6. The number of likely N-dealkylation sites (tertiary alicyclic amines) is 2. The Bertz CT molecular complexity index is 2230. The molecule has 0 bridgehead atoms. The second kappa shape index (κ2) is 16.8. The largest absolute Gasteiger partial charge is 0.453 e. The van der Waals surface area contributed by atoms with Crippen molar-refractivity contribution in [3.05, 3.63) is 90.5 Å². The number of thioether (sulfide) groups is 1. The Kier molecular flexibility index (Phi) is 11.4. The number of alkyl carbamates (subject to hydrolysis) is 1. The summed E-state index contributed by atoms with van der Waals surface area (Å²) in [6.45, 7) is 5.20. The first-order chi connectivity index (χ1) is 27.7. The summed E-state index contributed by atoms with van der Waals surface area (Å²) in [5.74, 6) is 3.10. The number of aromatic nitrogens is 3. The fourth-order valence-corrected chi connectivity index (χ4v) is 10.0. The van der Waals surface area contributed by atoms with Gasteiger partial charge in [-0.05, 0) is 114 Å². The number of fused-ring (bicyclic) bond motifs is 1. The summed E-state index contributed by atoms with van der Waals surface area (Å²) in [5, 5.41) is 4.97. The van der Waals surface area contributed by atoms with Crippen molar-refractivity contribution in [3.63, 3.8) is 0 Å². The number of aromatic amines is 2. The Morgan fingerprint density at radius 3 is 2.11 bits per heavy atom. The molecule has 3 saturated heterocycles. The standard InChI is InChI=1S/C45H53N7O4S/c1-27(2)41(50-45(55)56-3)44(54)52-21-5-7-39(52)42-47-26-37(49-42)34-15-14-32-24-31(12-13-33(32)25-34)28-8-10-29(11-9-28)35-16-17-36(48-35)38-6-4-20-51(38)43(53)40(46)30-18-22-57-23-19-30/h8-17,24-27,30,38-41,48H,4-7,18-23,46H2,1-3H3,(H,47,49)(H,50,55)/t38?,39-,40-,41-/m0/s1. The van der Waals surface area contributed by atoms with Crippen molar-refractivity contribution in [2.75, 3.05) is 31.7 Å². The summed E-state index contributed by atoms with van der Waals surface area (Å²) >= 11 is 1.96. The molecule has 8 rings (SSSR count). The first-order valence-corrected chi connectivity index (χ1v) is 21.5. The third-order valence-electron chi connectivity index (χ3n) is 12.2. The number of nitrogens with one attached hydrogen (secondary N) is 3. The molecule has 0 saturated carbocycles. The number of amides is 3. The Balaban J connectivity index is 0.932. The molecule has 5 aromatic rings. The zero-order valence-electron chi connectivity index (χ0n) is 33.0. The third kappa shape index (κ3) is 8.07. The summed E-state index contributed by atoms with van der Waals surface area (Å²) in [7, 11) is 1.30. The zero-order chi connectivity index (χ0) is 39.6. The Morgan fingerprint density at radius 2 is 1.40 bits per heavy atom. The maximum Gasteiger partial charge on any atom is 0.407 e. The number of imidazole rings is 1. The molecule has 4 atom stereocenters. The van der Waals surface area contributed by atoms with Crippen molar-refractivity contribution < 1.29 is 19.1 Å². The van der Waals surface area contributed by atoms with Gasteiger partial charge in [0.2, 0.25) is 11.8 Å². The molecular weight excluding hydrogens is 735 g/mol. The normalized spacial score (nSPS) is 19.9. The molecule has 3 fully saturated rings. The quantitative estimate of drug-likeness (QED) is 0.112. The fourth-order valence-electron chi connectivity index (χ4n) is 8.88. The van der Waals surface area contributed by atoms with Crippen LogP contribution in [0.4, 0.5) is 4.79 Å². The predicted octanol–water partition coefficient (Wildman–Crippen LogP) is 8.07. The molecule has 12 heteroatoms. The van der Waals surface area contributed by atoms with Crippen LogP contribution in [0.5, 0.6) is 0 Å². The lowest BCUT2D eigenvalue weighted by Gasteiger charge is -2.32.